The van der Waals surface area contributed by atoms with Crippen LogP contribution in [0.1, 0.15) is 37.0 Å². The van der Waals surface area contributed by atoms with Crippen LogP contribution in [-0.4, -0.2) is 18.4 Å². The third-order valence-electron chi connectivity index (χ3n) is 2.47. The number of rotatable bonds is 6. The van der Waals surface area contributed by atoms with Gasteiger partial charge in [-0.25, -0.2) is 4.39 Å². The molecule has 0 spiro atoms. The highest BCUT2D eigenvalue weighted by Crippen LogP contribution is 2.09. The molecule has 3 heteroatoms. The van der Waals surface area contributed by atoms with E-state index < -0.39 is 0 Å². The second-order valence-corrected chi connectivity index (χ2v) is 3.77. The molecular formula is C13H18FNO. The van der Waals surface area contributed by atoms with Crippen LogP contribution >= 0.6 is 0 Å². The van der Waals surface area contributed by atoms with Crippen LogP contribution < -0.4 is 5.32 Å². The topological polar surface area (TPSA) is 29.1 Å². The zero-order valence-electron chi connectivity index (χ0n) is 9.79. The lowest BCUT2D eigenvalue weighted by atomic mass is 10.0. The molecule has 88 valence electrons. The predicted molar refractivity (Wildman–Crippen MR) is 63.1 cm³/mol. The summed E-state index contributed by atoms with van der Waals surface area (Å²) in [5, 5.41) is 3.15. The van der Waals surface area contributed by atoms with E-state index in [0.717, 1.165) is 19.4 Å². The standard InChI is InChI=1S/C13H18FNO/c1-3-5-12(15-4-2)13(16)10-6-8-11(14)9-7-10/h6-9,12,15H,3-5H2,1-2H3. The van der Waals surface area contributed by atoms with Crippen molar-refractivity contribution in [3.05, 3.63) is 35.6 Å². The molecule has 16 heavy (non-hydrogen) atoms. The molecule has 0 aromatic heterocycles. The smallest absolute Gasteiger partial charge is 0.179 e. The van der Waals surface area contributed by atoms with E-state index in [4.69, 9.17) is 0 Å². The Morgan fingerprint density at radius 3 is 2.44 bits per heavy atom. The zero-order chi connectivity index (χ0) is 12.0. The molecule has 0 aliphatic heterocycles. The summed E-state index contributed by atoms with van der Waals surface area (Å²) in [4.78, 5) is 12.1. The molecular weight excluding hydrogens is 205 g/mol. The van der Waals surface area contributed by atoms with Gasteiger partial charge in [0.1, 0.15) is 5.82 Å². The van der Waals surface area contributed by atoms with Gasteiger partial charge in [0.2, 0.25) is 0 Å². The van der Waals surface area contributed by atoms with E-state index in [1.807, 2.05) is 13.8 Å². The van der Waals surface area contributed by atoms with Crippen molar-refractivity contribution in [2.24, 2.45) is 0 Å². The molecule has 0 aliphatic carbocycles. The number of nitrogens with one attached hydrogen (secondary N) is 1. The number of benzene rings is 1. The van der Waals surface area contributed by atoms with Crippen molar-refractivity contribution in [3.8, 4) is 0 Å². The Hall–Kier alpha value is -1.22. The number of likely N-dealkylation sites (N-methyl/N-ethyl adjacent to an activating group) is 1. The van der Waals surface area contributed by atoms with Crippen LogP contribution in [0.5, 0.6) is 0 Å². The van der Waals surface area contributed by atoms with Crippen LogP contribution in [0.15, 0.2) is 24.3 Å². The highest BCUT2D eigenvalue weighted by atomic mass is 19.1. The quantitative estimate of drug-likeness (QED) is 0.751. The summed E-state index contributed by atoms with van der Waals surface area (Å²) in [7, 11) is 0. The molecule has 0 saturated heterocycles. The molecule has 0 aliphatic rings. The van der Waals surface area contributed by atoms with Crippen molar-refractivity contribution >= 4 is 5.78 Å². The fourth-order valence-electron chi connectivity index (χ4n) is 1.68. The van der Waals surface area contributed by atoms with Crippen LogP contribution in [-0.2, 0) is 0 Å². The van der Waals surface area contributed by atoms with Crippen LogP contribution in [0.3, 0.4) is 0 Å². The third-order valence-corrected chi connectivity index (χ3v) is 2.47. The van der Waals surface area contributed by atoms with Crippen molar-refractivity contribution in [1.82, 2.24) is 5.32 Å². The van der Waals surface area contributed by atoms with Gasteiger partial charge in [-0.1, -0.05) is 20.3 Å². The van der Waals surface area contributed by atoms with E-state index in [9.17, 15) is 9.18 Å². The Kier molecular flexibility index (Phi) is 5.12. The molecule has 2 nitrogen and oxygen atoms in total. The van der Waals surface area contributed by atoms with Crippen molar-refractivity contribution in [2.45, 2.75) is 32.7 Å². The Bertz CT molecular complexity index is 328. The largest absolute Gasteiger partial charge is 0.307 e. The molecule has 1 unspecified atom stereocenters. The number of carbonyl (C=O) groups excluding carboxylic acids is 1. The molecule has 1 aromatic carbocycles. The van der Waals surface area contributed by atoms with Crippen LogP contribution in [0, 0.1) is 5.82 Å². The molecule has 0 radical (unpaired) electrons. The SMILES string of the molecule is CCCC(NCC)C(=O)c1ccc(F)cc1. The van der Waals surface area contributed by atoms with Gasteiger partial charge in [-0.2, -0.15) is 0 Å². The van der Waals surface area contributed by atoms with E-state index in [1.165, 1.54) is 24.3 Å². The average Bonchev–Trinajstić information content (AvgIpc) is 2.29. The Balaban J connectivity index is 2.77. The first-order chi connectivity index (χ1) is 7.69. The van der Waals surface area contributed by atoms with Crippen molar-refractivity contribution < 1.29 is 9.18 Å². The Morgan fingerprint density at radius 2 is 1.94 bits per heavy atom. The first kappa shape index (κ1) is 12.8. The van der Waals surface area contributed by atoms with Gasteiger partial charge in [-0.05, 0) is 37.2 Å². The van der Waals surface area contributed by atoms with E-state index in [-0.39, 0.29) is 17.6 Å². The van der Waals surface area contributed by atoms with Gasteiger partial charge in [0, 0.05) is 5.56 Å². The van der Waals surface area contributed by atoms with Gasteiger partial charge >= 0.3 is 0 Å². The second-order valence-electron chi connectivity index (χ2n) is 3.77. The molecule has 1 atom stereocenters. The fourth-order valence-corrected chi connectivity index (χ4v) is 1.68. The van der Waals surface area contributed by atoms with E-state index >= 15 is 0 Å². The first-order valence-electron chi connectivity index (χ1n) is 5.72. The monoisotopic (exact) mass is 223 g/mol. The minimum atomic E-state index is -0.313. The number of hydrogen-bond donors (Lipinski definition) is 1. The minimum absolute atomic E-state index is 0.0451. The van der Waals surface area contributed by atoms with Crippen LogP contribution in [0.4, 0.5) is 4.39 Å². The maximum atomic E-state index is 12.7. The minimum Gasteiger partial charge on any atom is -0.307 e. The second kappa shape index (κ2) is 6.38. The van der Waals surface area contributed by atoms with Gasteiger partial charge in [-0.15, -0.1) is 0 Å². The summed E-state index contributed by atoms with van der Waals surface area (Å²) in [5.41, 5.74) is 0.570. The van der Waals surface area contributed by atoms with Gasteiger partial charge in [-0.3, -0.25) is 4.79 Å². The van der Waals surface area contributed by atoms with Gasteiger partial charge in [0.25, 0.3) is 0 Å². The molecule has 0 bridgehead atoms. The Labute approximate surface area is 95.9 Å². The normalized spacial score (nSPS) is 12.4. The average molecular weight is 223 g/mol. The highest BCUT2D eigenvalue weighted by Gasteiger charge is 2.17. The van der Waals surface area contributed by atoms with E-state index in [0.29, 0.717) is 5.56 Å². The molecule has 1 N–H and O–H groups in total. The Morgan fingerprint density at radius 1 is 1.31 bits per heavy atom. The third kappa shape index (κ3) is 3.42. The van der Waals surface area contributed by atoms with Gasteiger partial charge in [0.15, 0.2) is 5.78 Å². The molecule has 0 saturated carbocycles. The molecule has 1 aromatic rings. The van der Waals surface area contributed by atoms with Crippen LogP contribution in [0.25, 0.3) is 0 Å². The molecule has 0 heterocycles. The molecule has 0 fully saturated rings. The van der Waals surface area contributed by atoms with E-state index in [2.05, 4.69) is 5.32 Å². The summed E-state index contributed by atoms with van der Waals surface area (Å²) in [6.45, 7) is 4.78. The number of halogens is 1. The summed E-state index contributed by atoms with van der Waals surface area (Å²) >= 11 is 0. The molecule has 0 amide bonds. The summed E-state index contributed by atoms with van der Waals surface area (Å²) in [6, 6.07) is 5.57. The number of hydrogen-bond acceptors (Lipinski definition) is 2. The molecule has 1 rings (SSSR count). The lowest BCUT2D eigenvalue weighted by Crippen LogP contribution is -2.36. The lowest BCUT2D eigenvalue weighted by molar-refractivity contribution is 0.0938. The zero-order valence-corrected chi connectivity index (χ0v) is 9.79. The maximum Gasteiger partial charge on any atom is 0.179 e. The van der Waals surface area contributed by atoms with Crippen molar-refractivity contribution in [2.75, 3.05) is 6.54 Å². The van der Waals surface area contributed by atoms with Gasteiger partial charge in [0.05, 0.1) is 6.04 Å². The predicted octanol–water partition coefficient (Wildman–Crippen LogP) is 2.79. The fraction of sp³-hybridized carbons (Fsp3) is 0.462. The number of Topliss-reactive ketones (excluding diaryl/α,β-unsaturated/α-hetero) is 1. The summed E-state index contributed by atoms with van der Waals surface area (Å²) in [6.07, 6.45) is 1.76. The first-order valence-corrected chi connectivity index (χ1v) is 5.72. The van der Waals surface area contributed by atoms with Crippen molar-refractivity contribution in [1.29, 1.82) is 0 Å². The highest BCUT2D eigenvalue weighted by molar-refractivity contribution is 6.00. The van der Waals surface area contributed by atoms with Gasteiger partial charge < -0.3 is 5.32 Å². The number of carbonyl (C=O) groups is 1. The number of ketones is 1. The van der Waals surface area contributed by atoms with E-state index in [1.54, 1.807) is 0 Å². The maximum absolute atomic E-state index is 12.7. The summed E-state index contributed by atoms with van der Waals surface area (Å²) < 4.78 is 12.7. The van der Waals surface area contributed by atoms with Crippen LogP contribution in [0.2, 0.25) is 0 Å². The van der Waals surface area contributed by atoms with Crippen molar-refractivity contribution in [3.63, 3.8) is 0 Å². The lowest BCUT2D eigenvalue weighted by Gasteiger charge is -2.15. The summed E-state index contributed by atoms with van der Waals surface area (Å²) in [5.74, 6) is -0.268.